The fourth-order valence-corrected chi connectivity index (χ4v) is 2.07. The maximum absolute atomic E-state index is 11.1. The second-order valence-corrected chi connectivity index (χ2v) is 4.48. The third-order valence-corrected chi connectivity index (χ3v) is 2.88. The van der Waals surface area contributed by atoms with Gasteiger partial charge in [0.05, 0.1) is 4.34 Å². The number of carbonyl (C=O) groups excluding carboxylic acids is 1. The van der Waals surface area contributed by atoms with E-state index in [1.165, 1.54) is 18.4 Å². The molecule has 72 valence electrons. The number of aryl methyl sites for hydroxylation is 1. The molecular formula is C9H11ClO2S. The Morgan fingerprint density at radius 2 is 2.38 bits per heavy atom. The molecule has 0 amide bonds. The molecule has 1 aromatic heterocycles. The fraction of sp³-hybridized carbons (Fsp3) is 0.444. The number of methoxy groups -OCH3 is 1. The van der Waals surface area contributed by atoms with Crippen molar-refractivity contribution in [3.63, 3.8) is 0 Å². The molecule has 0 spiro atoms. The topological polar surface area (TPSA) is 26.3 Å². The van der Waals surface area contributed by atoms with Gasteiger partial charge in [-0.1, -0.05) is 11.6 Å². The molecule has 0 aliphatic heterocycles. The number of rotatable bonds is 5. The lowest BCUT2D eigenvalue weighted by Crippen LogP contribution is -2.06. The van der Waals surface area contributed by atoms with Gasteiger partial charge in [0.25, 0.3) is 0 Å². The quantitative estimate of drug-likeness (QED) is 0.759. The standard InChI is InChI=1S/C9H11ClO2S/c1-12-6-7(11)2-3-8-4-5-9(10)13-8/h4-5H,2-3,6H2,1H3. The van der Waals surface area contributed by atoms with Crippen LogP contribution < -0.4 is 0 Å². The van der Waals surface area contributed by atoms with Gasteiger partial charge in [-0.05, 0) is 18.6 Å². The Balaban J connectivity index is 2.30. The molecule has 0 N–H and O–H groups in total. The smallest absolute Gasteiger partial charge is 0.158 e. The average molecular weight is 219 g/mol. The third kappa shape index (κ3) is 3.89. The van der Waals surface area contributed by atoms with Crippen LogP contribution in [0.3, 0.4) is 0 Å². The van der Waals surface area contributed by atoms with Gasteiger partial charge in [-0.25, -0.2) is 0 Å². The van der Waals surface area contributed by atoms with Crippen molar-refractivity contribution in [2.24, 2.45) is 0 Å². The zero-order chi connectivity index (χ0) is 9.68. The Bertz CT molecular complexity index is 283. The number of carbonyl (C=O) groups is 1. The summed E-state index contributed by atoms with van der Waals surface area (Å²) in [5.74, 6) is 0.132. The first kappa shape index (κ1) is 10.7. The van der Waals surface area contributed by atoms with Crippen molar-refractivity contribution in [1.82, 2.24) is 0 Å². The molecule has 4 heteroatoms. The first-order valence-electron chi connectivity index (χ1n) is 3.97. The predicted octanol–water partition coefficient (Wildman–Crippen LogP) is 2.55. The summed E-state index contributed by atoms with van der Waals surface area (Å²) in [6.45, 7) is 0.207. The highest BCUT2D eigenvalue weighted by molar-refractivity contribution is 7.16. The summed E-state index contributed by atoms with van der Waals surface area (Å²) in [5, 5.41) is 0. The zero-order valence-corrected chi connectivity index (χ0v) is 8.95. The van der Waals surface area contributed by atoms with E-state index < -0.39 is 0 Å². The summed E-state index contributed by atoms with van der Waals surface area (Å²) in [6.07, 6.45) is 1.30. The summed E-state index contributed by atoms with van der Waals surface area (Å²) in [5.41, 5.74) is 0. The third-order valence-electron chi connectivity index (χ3n) is 1.58. The van der Waals surface area contributed by atoms with Crippen molar-refractivity contribution in [3.05, 3.63) is 21.3 Å². The Hall–Kier alpha value is -0.380. The van der Waals surface area contributed by atoms with Crippen LogP contribution in [0.2, 0.25) is 4.34 Å². The van der Waals surface area contributed by atoms with Crippen LogP contribution in [0.15, 0.2) is 12.1 Å². The van der Waals surface area contributed by atoms with Crippen molar-refractivity contribution < 1.29 is 9.53 Å². The fourth-order valence-electron chi connectivity index (χ4n) is 0.982. The average Bonchev–Trinajstić information content (AvgIpc) is 2.49. The van der Waals surface area contributed by atoms with Crippen LogP contribution in [0.5, 0.6) is 0 Å². The van der Waals surface area contributed by atoms with E-state index >= 15 is 0 Å². The van der Waals surface area contributed by atoms with Gasteiger partial charge in [0.2, 0.25) is 0 Å². The molecule has 0 aliphatic rings. The molecule has 0 fully saturated rings. The van der Waals surface area contributed by atoms with E-state index in [1.54, 1.807) is 0 Å². The van der Waals surface area contributed by atoms with Gasteiger partial charge in [0.1, 0.15) is 6.61 Å². The van der Waals surface area contributed by atoms with E-state index in [0.717, 1.165) is 15.6 Å². The first-order chi connectivity index (χ1) is 6.22. The minimum Gasteiger partial charge on any atom is -0.377 e. The monoisotopic (exact) mass is 218 g/mol. The maximum atomic E-state index is 11.1. The highest BCUT2D eigenvalue weighted by Crippen LogP contribution is 2.22. The van der Waals surface area contributed by atoms with Gasteiger partial charge >= 0.3 is 0 Å². The zero-order valence-electron chi connectivity index (χ0n) is 7.38. The molecule has 13 heavy (non-hydrogen) atoms. The number of halogens is 1. The van der Waals surface area contributed by atoms with Crippen molar-refractivity contribution in [3.8, 4) is 0 Å². The summed E-state index contributed by atoms with van der Waals surface area (Å²) < 4.78 is 5.50. The van der Waals surface area contributed by atoms with Crippen LogP contribution in [-0.4, -0.2) is 19.5 Å². The number of hydrogen-bond donors (Lipinski definition) is 0. The summed E-state index contributed by atoms with van der Waals surface area (Å²) in [6, 6.07) is 3.80. The lowest BCUT2D eigenvalue weighted by atomic mass is 10.2. The Labute approximate surface area is 86.5 Å². The van der Waals surface area contributed by atoms with Crippen molar-refractivity contribution in [1.29, 1.82) is 0 Å². The molecule has 0 aromatic carbocycles. The minimum atomic E-state index is 0.132. The van der Waals surface area contributed by atoms with E-state index in [0.29, 0.717) is 6.42 Å². The van der Waals surface area contributed by atoms with Crippen LogP contribution in [0.4, 0.5) is 0 Å². The molecule has 0 aliphatic carbocycles. The van der Waals surface area contributed by atoms with Crippen molar-refractivity contribution >= 4 is 28.7 Å². The van der Waals surface area contributed by atoms with Gasteiger partial charge in [-0.15, -0.1) is 11.3 Å². The van der Waals surface area contributed by atoms with E-state index in [1.807, 2.05) is 12.1 Å². The molecule has 1 heterocycles. The predicted molar refractivity (Wildman–Crippen MR) is 54.5 cm³/mol. The SMILES string of the molecule is COCC(=O)CCc1ccc(Cl)s1. The highest BCUT2D eigenvalue weighted by atomic mass is 35.5. The molecule has 0 bridgehead atoms. The van der Waals surface area contributed by atoms with Crippen LogP contribution in [0, 0.1) is 0 Å². The van der Waals surface area contributed by atoms with Crippen LogP contribution in [-0.2, 0) is 16.0 Å². The summed E-state index contributed by atoms with van der Waals surface area (Å²) in [7, 11) is 1.53. The molecule has 0 saturated heterocycles. The molecule has 2 nitrogen and oxygen atoms in total. The summed E-state index contributed by atoms with van der Waals surface area (Å²) >= 11 is 7.27. The molecular weight excluding hydrogens is 208 g/mol. The first-order valence-corrected chi connectivity index (χ1v) is 5.16. The Morgan fingerprint density at radius 1 is 1.62 bits per heavy atom. The lowest BCUT2D eigenvalue weighted by molar-refractivity contribution is -0.122. The van der Waals surface area contributed by atoms with Gasteiger partial charge in [-0.2, -0.15) is 0 Å². The lowest BCUT2D eigenvalue weighted by Gasteiger charge is -1.96. The van der Waals surface area contributed by atoms with Crippen molar-refractivity contribution in [2.75, 3.05) is 13.7 Å². The Kier molecular flexibility index (Phi) is 4.42. The van der Waals surface area contributed by atoms with Crippen LogP contribution in [0.1, 0.15) is 11.3 Å². The molecule has 0 atom stereocenters. The Morgan fingerprint density at radius 3 is 2.92 bits per heavy atom. The number of hydrogen-bond acceptors (Lipinski definition) is 3. The molecule has 0 saturated carbocycles. The molecule has 1 aromatic rings. The van der Waals surface area contributed by atoms with Crippen LogP contribution in [0.25, 0.3) is 0 Å². The maximum Gasteiger partial charge on any atom is 0.158 e. The summed E-state index contributed by atoms with van der Waals surface area (Å²) in [4.78, 5) is 12.2. The highest BCUT2D eigenvalue weighted by Gasteiger charge is 2.03. The van der Waals surface area contributed by atoms with E-state index in [9.17, 15) is 4.79 Å². The molecule has 0 unspecified atom stereocenters. The van der Waals surface area contributed by atoms with Crippen LogP contribution >= 0.6 is 22.9 Å². The van der Waals surface area contributed by atoms with Gasteiger partial charge in [0.15, 0.2) is 5.78 Å². The normalized spacial score (nSPS) is 10.3. The van der Waals surface area contributed by atoms with E-state index in [4.69, 9.17) is 16.3 Å². The molecule has 1 rings (SSSR count). The number of ether oxygens (including phenoxy) is 1. The minimum absolute atomic E-state index is 0.132. The van der Waals surface area contributed by atoms with Crippen molar-refractivity contribution in [2.45, 2.75) is 12.8 Å². The van der Waals surface area contributed by atoms with E-state index in [2.05, 4.69) is 0 Å². The number of Topliss-reactive ketones (excluding diaryl/α,β-unsaturated/α-hetero) is 1. The van der Waals surface area contributed by atoms with Gasteiger partial charge in [-0.3, -0.25) is 4.79 Å². The second-order valence-electron chi connectivity index (χ2n) is 2.68. The van der Waals surface area contributed by atoms with E-state index in [-0.39, 0.29) is 12.4 Å². The van der Waals surface area contributed by atoms with Gasteiger partial charge in [0, 0.05) is 18.4 Å². The molecule has 0 radical (unpaired) electrons. The van der Waals surface area contributed by atoms with Gasteiger partial charge < -0.3 is 4.74 Å². The number of ketones is 1. The number of thiophene rings is 1. The largest absolute Gasteiger partial charge is 0.377 e. The second kappa shape index (κ2) is 5.37.